The maximum absolute atomic E-state index is 3.87. The standard InChI is InChI=1S/C38H20BrI/c39-29-19-17-27-33-23(29)13-7-15-25(33)35-31(21-9-3-1-4-10-21)38-28-18-20-30(40)24-14-8-16-26(34(24)28)36(38)32(37(27)35)22-11-5-2-6-12-22/h1-20H. The van der Waals surface area contributed by atoms with E-state index in [0.29, 0.717) is 0 Å². The summed E-state index contributed by atoms with van der Waals surface area (Å²) in [6.07, 6.45) is 0. The minimum absolute atomic E-state index is 1.14. The van der Waals surface area contributed by atoms with Crippen molar-refractivity contribution >= 4 is 103 Å². The first-order valence-corrected chi connectivity index (χ1v) is 15.4. The van der Waals surface area contributed by atoms with Gasteiger partial charge in [0.05, 0.1) is 0 Å². The normalized spacial score (nSPS) is 12.2. The lowest BCUT2D eigenvalue weighted by Gasteiger charge is -2.15. The predicted octanol–water partition coefficient (Wildman–Crippen LogP) is 12.2. The number of hydrogen-bond donors (Lipinski definition) is 0. The van der Waals surface area contributed by atoms with E-state index in [-0.39, 0.29) is 0 Å². The molecular formula is C38H20BrI. The van der Waals surface area contributed by atoms with Crippen LogP contribution in [0.25, 0.3) is 86.9 Å². The molecule has 0 radical (unpaired) electrons. The highest BCUT2D eigenvalue weighted by molar-refractivity contribution is 14.1. The lowest BCUT2D eigenvalue weighted by Crippen LogP contribution is -1.87. The van der Waals surface area contributed by atoms with Gasteiger partial charge >= 0.3 is 0 Å². The molecule has 0 aliphatic rings. The summed E-state index contributed by atoms with van der Waals surface area (Å²) in [6.45, 7) is 0. The van der Waals surface area contributed by atoms with Crippen LogP contribution in [-0.2, 0) is 0 Å². The number of hydrogen-bond acceptors (Lipinski definition) is 0. The molecule has 0 saturated carbocycles. The molecule has 0 saturated heterocycles. The third kappa shape index (κ3) is 2.91. The molecule has 0 N–H and O–H groups in total. The zero-order valence-corrected chi connectivity index (χ0v) is 25.0. The number of rotatable bonds is 2. The fourth-order valence-electron chi connectivity index (χ4n) is 7.19. The summed E-state index contributed by atoms with van der Waals surface area (Å²) in [7, 11) is 0. The second kappa shape index (κ2) is 8.39. The van der Waals surface area contributed by atoms with E-state index in [0.717, 1.165) is 4.47 Å². The first-order valence-electron chi connectivity index (χ1n) is 13.5. The van der Waals surface area contributed by atoms with Crippen LogP contribution in [-0.4, -0.2) is 0 Å². The van der Waals surface area contributed by atoms with Crippen molar-refractivity contribution in [2.45, 2.75) is 0 Å². The van der Waals surface area contributed by atoms with Crippen LogP contribution < -0.4 is 0 Å². The highest BCUT2D eigenvalue weighted by Gasteiger charge is 2.27. The van der Waals surface area contributed by atoms with E-state index in [1.807, 2.05) is 0 Å². The Balaban J connectivity index is 1.72. The number of benzene rings is 7. The van der Waals surface area contributed by atoms with Gasteiger partial charge in [0.2, 0.25) is 0 Å². The molecule has 0 nitrogen and oxygen atoms in total. The van der Waals surface area contributed by atoms with Crippen LogP contribution in [0.1, 0.15) is 0 Å². The fraction of sp³-hybridized carbons (Fsp3) is 0. The van der Waals surface area contributed by atoms with Crippen LogP contribution >= 0.6 is 38.5 Å². The van der Waals surface area contributed by atoms with Crippen molar-refractivity contribution in [3.05, 3.63) is 129 Å². The lowest BCUT2D eigenvalue weighted by molar-refractivity contribution is 1.68. The molecule has 0 heterocycles. The summed E-state index contributed by atoms with van der Waals surface area (Å²) in [5, 5.41) is 16.0. The quantitative estimate of drug-likeness (QED) is 0.159. The van der Waals surface area contributed by atoms with Crippen molar-refractivity contribution in [2.24, 2.45) is 0 Å². The highest BCUT2D eigenvalue weighted by atomic mass is 127. The third-order valence-electron chi connectivity index (χ3n) is 8.68. The van der Waals surface area contributed by atoms with E-state index in [2.05, 4.69) is 160 Å². The van der Waals surface area contributed by atoms with E-state index in [9.17, 15) is 0 Å². The van der Waals surface area contributed by atoms with Gasteiger partial charge < -0.3 is 0 Å². The van der Waals surface area contributed by atoms with Gasteiger partial charge in [-0.2, -0.15) is 0 Å². The van der Waals surface area contributed by atoms with Crippen LogP contribution in [0.3, 0.4) is 0 Å². The average molecular weight is 683 g/mol. The van der Waals surface area contributed by atoms with Crippen LogP contribution in [0.2, 0.25) is 0 Å². The van der Waals surface area contributed by atoms with Crippen molar-refractivity contribution in [1.29, 1.82) is 0 Å². The predicted molar refractivity (Wildman–Crippen MR) is 185 cm³/mol. The maximum Gasteiger partial charge on any atom is 0.0254 e. The van der Waals surface area contributed by atoms with Gasteiger partial charge in [-0.1, -0.05) is 125 Å². The molecule has 0 amide bonds. The zero-order valence-electron chi connectivity index (χ0n) is 21.3. The molecule has 0 unspecified atom stereocenters. The van der Waals surface area contributed by atoms with E-state index in [1.165, 1.54) is 90.5 Å². The molecule has 0 aromatic heterocycles. The Bertz CT molecular complexity index is 2200. The Labute approximate surface area is 253 Å². The Morgan fingerprint density at radius 2 is 0.775 bits per heavy atom. The Hall–Kier alpha value is -3.73. The molecule has 9 aromatic rings. The lowest BCUT2D eigenvalue weighted by atomic mass is 9.87. The smallest absolute Gasteiger partial charge is 0.0254 e. The van der Waals surface area contributed by atoms with Gasteiger partial charge in [-0.3, -0.25) is 0 Å². The monoisotopic (exact) mass is 682 g/mol. The van der Waals surface area contributed by atoms with Crippen LogP contribution in [0.15, 0.2) is 126 Å². The molecule has 9 aromatic carbocycles. The Kier molecular flexibility index (Phi) is 4.83. The molecule has 0 spiro atoms. The molecule has 0 bridgehead atoms. The van der Waals surface area contributed by atoms with Crippen molar-refractivity contribution in [3.8, 4) is 22.3 Å². The second-order valence-electron chi connectivity index (χ2n) is 10.6. The van der Waals surface area contributed by atoms with E-state index in [1.54, 1.807) is 0 Å². The Morgan fingerprint density at radius 3 is 1.32 bits per heavy atom. The summed E-state index contributed by atoms with van der Waals surface area (Å²) in [6, 6.07) is 44.8. The summed E-state index contributed by atoms with van der Waals surface area (Å²) in [5.74, 6) is 0. The van der Waals surface area contributed by atoms with Gasteiger partial charge in [0, 0.05) is 8.04 Å². The average Bonchev–Trinajstić information content (AvgIpc) is 3.51. The fourth-order valence-corrected chi connectivity index (χ4v) is 8.28. The summed E-state index contributed by atoms with van der Waals surface area (Å²) in [4.78, 5) is 0. The molecule has 186 valence electrons. The molecule has 0 atom stereocenters. The zero-order chi connectivity index (χ0) is 26.5. The van der Waals surface area contributed by atoms with Crippen molar-refractivity contribution in [2.75, 3.05) is 0 Å². The summed E-state index contributed by atoms with van der Waals surface area (Å²) in [5.41, 5.74) is 5.20. The van der Waals surface area contributed by atoms with Crippen molar-refractivity contribution < 1.29 is 0 Å². The first-order chi connectivity index (χ1) is 19.7. The minimum atomic E-state index is 1.14. The minimum Gasteiger partial charge on any atom is -0.0622 e. The van der Waals surface area contributed by atoms with Gasteiger partial charge in [0.15, 0.2) is 0 Å². The third-order valence-corrected chi connectivity index (χ3v) is 10.3. The summed E-state index contributed by atoms with van der Waals surface area (Å²) >= 11 is 6.36. The van der Waals surface area contributed by atoms with E-state index in [4.69, 9.17) is 0 Å². The van der Waals surface area contributed by atoms with E-state index < -0.39 is 0 Å². The number of fused-ring (bicyclic) bond motifs is 6. The summed E-state index contributed by atoms with van der Waals surface area (Å²) < 4.78 is 2.43. The van der Waals surface area contributed by atoms with Gasteiger partial charge in [-0.05, 0) is 122 Å². The van der Waals surface area contributed by atoms with Gasteiger partial charge in [-0.25, -0.2) is 0 Å². The molecule has 0 aliphatic heterocycles. The largest absolute Gasteiger partial charge is 0.0622 e. The van der Waals surface area contributed by atoms with E-state index >= 15 is 0 Å². The van der Waals surface area contributed by atoms with Crippen molar-refractivity contribution in [3.63, 3.8) is 0 Å². The Morgan fingerprint density at radius 1 is 0.350 bits per heavy atom. The van der Waals surface area contributed by atoms with Crippen LogP contribution in [0.5, 0.6) is 0 Å². The molecule has 0 fully saturated rings. The van der Waals surface area contributed by atoms with Crippen molar-refractivity contribution in [1.82, 2.24) is 0 Å². The highest BCUT2D eigenvalue weighted by Crippen LogP contribution is 2.55. The molecule has 2 heteroatoms. The maximum atomic E-state index is 3.87. The van der Waals surface area contributed by atoms with Gasteiger partial charge in [-0.15, -0.1) is 0 Å². The molecule has 0 aliphatic carbocycles. The van der Waals surface area contributed by atoms with Gasteiger partial charge in [0.1, 0.15) is 0 Å². The second-order valence-corrected chi connectivity index (χ2v) is 12.6. The number of halogens is 2. The SMILES string of the molecule is Brc1ccc2c3c(-c4ccccc4)c4c5cccc6c(I)ccc(c4c(-c4ccccc4)c3c3cccc1c23)c65. The molecule has 40 heavy (non-hydrogen) atoms. The first kappa shape index (κ1) is 23.0. The molecular weight excluding hydrogens is 663 g/mol. The van der Waals surface area contributed by atoms with Gasteiger partial charge in [0.25, 0.3) is 0 Å². The topological polar surface area (TPSA) is 0 Å². The van der Waals surface area contributed by atoms with Crippen LogP contribution in [0, 0.1) is 3.57 Å². The van der Waals surface area contributed by atoms with Crippen LogP contribution in [0.4, 0.5) is 0 Å². The molecule has 9 rings (SSSR count).